The molecule has 0 atom stereocenters. The predicted molar refractivity (Wildman–Crippen MR) is 71.7 cm³/mol. The molecule has 0 saturated carbocycles. The van der Waals surface area contributed by atoms with E-state index in [0.717, 1.165) is 37.6 Å². The van der Waals surface area contributed by atoms with Crippen LogP contribution in [0.2, 0.25) is 0 Å². The van der Waals surface area contributed by atoms with Crippen LogP contribution in [0.15, 0.2) is 30.5 Å². The summed E-state index contributed by atoms with van der Waals surface area (Å²) in [5.74, 6) is 0.799. The van der Waals surface area contributed by atoms with Crippen LogP contribution in [0.5, 0.6) is 0 Å². The third-order valence-corrected chi connectivity index (χ3v) is 3.56. The zero-order valence-electron chi connectivity index (χ0n) is 10.6. The average molecular weight is 242 g/mol. The normalized spacial score (nSPS) is 14.9. The van der Waals surface area contributed by atoms with Crippen molar-refractivity contribution in [2.75, 3.05) is 5.73 Å². The lowest BCUT2D eigenvalue weighted by atomic mass is 10.1. The molecule has 0 amide bonds. The molecule has 18 heavy (non-hydrogen) atoms. The van der Waals surface area contributed by atoms with Crippen molar-refractivity contribution in [2.45, 2.75) is 33.1 Å². The third-order valence-electron chi connectivity index (χ3n) is 3.56. The van der Waals surface area contributed by atoms with Gasteiger partial charge in [0.1, 0.15) is 5.82 Å². The van der Waals surface area contributed by atoms with Crippen LogP contribution in [-0.2, 0) is 26.2 Å². The molecule has 4 heteroatoms. The minimum absolute atomic E-state index is 0.799. The van der Waals surface area contributed by atoms with E-state index in [9.17, 15) is 0 Å². The molecule has 0 radical (unpaired) electrons. The first-order chi connectivity index (χ1) is 8.78. The molecule has 94 valence electrons. The first-order valence-corrected chi connectivity index (χ1v) is 6.37. The number of nitrogens with zero attached hydrogens (tertiary/aromatic N) is 3. The van der Waals surface area contributed by atoms with Crippen molar-refractivity contribution in [2.24, 2.45) is 0 Å². The van der Waals surface area contributed by atoms with E-state index in [-0.39, 0.29) is 0 Å². The smallest absolute Gasteiger partial charge is 0.126 e. The minimum atomic E-state index is 0.799. The summed E-state index contributed by atoms with van der Waals surface area (Å²) < 4.78 is 1.85. The number of nitrogens with two attached hydrogens (primary N) is 1. The Balaban J connectivity index is 1.74. The van der Waals surface area contributed by atoms with Gasteiger partial charge in [0.15, 0.2) is 0 Å². The van der Waals surface area contributed by atoms with E-state index in [1.165, 1.54) is 11.1 Å². The molecule has 0 bridgehead atoms. The van der Waals surface area contributed by atoms with Crippen LogP contribution in [-0.4, -0.2) is 14.7 Å². The summed E-state index contributed by atoms with van der Waals surface area (Å²) in [5.41, 5.74) is 10.1. The number of aromatic nitrogens is 2. The number of fused-ring (bicyclic) bond motifs is 1. The zero-order chi connectivity index (χ0) is 12.5. The molecule has 2 aromatic rings. The topological polar surface area (TPSA) is 47.1 Å². The summed E-state index contributed by atoms with van der Waals surface area (Å²) in [6, 6.07) is 8.61. The van der Waals surface area contributed by atoms with Crippen molar-refractivity contribution in [1.29, 1.82) is 0 Å². The summed E-state index contributed by atoms with van der Waals surface area (Å²) in [6.07, 6.45) is 1.89. The molecule has 0 unspecified atom stereocenters. The highest BCUT2D eigenvalue weighted by Crippen LogP contribution is 2.25. The van der Waals surface area contributed by atoms with Crippen LogP contribution >= 0.6 is 0 Å². The molecule has 0 aliphatic carbocycles. The minimum Gasteiger partial charge on any atom is -0.384 e. The van der Waals surface area contributed by atoms with Gasteiger partial charge in [0.25, 0.3) is 0 Å². The van der Waals surface area contributed by atoms with Gasteiger partial charge in [-0.15, -0.1) is 0 Å². The molecule has 4 nitrogen and oxygen atoms in total. The molecule has 3 rings (SSSR count). The zero-order valence-corrected chi connectivity index (χ0v) is 10.6. The predicted octanol–water partition coefficient (Wildman–Crippen LogP) is 2.00. The molecule has 2 N–H and O–H groups in total. The van der Waals surface area contributed by atoms with E-state index < -0.39 is 0 Å². The molecule has 1 aliphatic heterocycles. The van der Waals surface area contributed by atoms with Gasteiger partial charge in [0, 0.05) is 31.7 Å². The molecule has 0 saturated heterocycles. The largest absolute Gasteiger partial charge is 0.384 e. The summed E-state index contributed by atoms with van der Waals surface area (Å²) in [5, 5.41) is 4.29. The molecule has 1 aromatic carbocycles. The van der Waals surface area contributed by atoms with Crippen molar-refractivity contribution in [3.8, 4) is 0 Å². The molecule has 1 aromatic heterocycles. The Hall–Kier alpha value is -1.81. The maximum Gasteiger partial charge on any atom is 0.126 e. The fraction of sp³-hybridized carbons (Fsp3) is 0.357. The van der Waals surface area contributed by atoms with Gasteiger partial charge < -0.3 is 5.73 Å². The highest BCUT2D eigenvalue weighted by Gasteiger charge is 2.19. The fourth-order valence-corrected chi connectivity index (χ4v) is 2.56. The lowest BCUT2D eigenvalue weighted by molar-refractivity contribution is 0.276. The Morgan fingerprint density at radius 2 is 1.89 bits per heavy atom. The van der Waals surface area contributed by atoms with Crippen LogP contribution < -0.4 is 5.73 Å². The average Bonchev–Trinajstić information content (AvgIpc) is 2.94. The van der Waals surface area contributed by atoms with E-state index in [1.807, 2.05) is 10.9 Å². The van der Waals surface area contributed by atoms with Crippen LogP contribution in [0, 0.1) is 0 Å². The van der Waals surface area contributed by atoms with Gasteiger partial charge >= 0.3 is 0 Å². The standard InChI is InChI=1S/C14H18N4/c1-2-18-14(15)13(7-16-18)10-17-8-11-5-3-4-6-12(11)9-17/h3-7H,2,8-10,15H2,1H3. The quantitative estimate of drug-likeness (QED) is 0.895. The Morgan fingerprint density at radius 3 is 2.44 bits per heavy atom. The molecular weight excluding hydrogens is 224 g/mol. The van der Waals surface area contributed by atoms with Gasteiger partial charge in [-0.25, -0.2) is 0 Å². The molecule has 0 spiro atoms. The molecule has 2 heterocycles. The van der Waals surface area contributed by atoms with Crippen LogP contribution in [0.25, 0.3) is 0 Å². The van der Waals surface area contributed by atoms with Gasteiger partial charge in [0.2, 0.25) is 0 Å². The monoisotopic (exact) mass is 242 g/mol. The van der Waals surface area contributed by atoms with Crippen molar-refractivity contribution in [3.05, 3.63) is 47.2 Å². The van der Waals surface area contributed by atoms with Gasteiger partial charge in [-0.3, -0.25) is 9.58 Å². The summed E-state index contributed by atoms with van der Waals surface area (Å²) >= 11 is 0. The maximum atomic E-state index is 6.07. The summed E-state index contributed by atoms with van der Waals surface area (Å²) in [4.78, 5) is 2.40. The summed E-state index contributed by atoms with van der Waals surface area (Å²) in [6.45, 7) is 5.77. The lowest BCUT2D eigenvalue weighted by Gasteiger charge is -2.14. The van der Waals surface area contributed by atoms with Crippen LogP contribution in [0.4, 0.5) is 5.82 Å². The number of rotatable bonds is 3. The number of aryl methyl sites for hydroxylation is 1. The highest BCUT2D eigenvalue weighted by molar-refractivity contribution is 5.39. The van der Waals surface area contributed by atoms with E-state index in [0.29, 0.717) is 0 Å². The fourth-order valence-electron chi connectivity index (χ4n) is 2.56. The number of nitrogen functional groups attached to an aromatic ring is 1. The second-order valence-electron chi connectivity index (χ2n) is 4.78. The SMILES string of the molecule is CCn1ncc(CN2Cc3ccccc3C2)c1N. The number of hydrogen-bond donors (Lipinski definition) is 1. The van der Waals surface area contributed by atoms with Gasteiger partial charge in [0.05, 0.1) is 6.20 Å². The van der Waals surface area contributed by atoms with Gasteiger partial charge in [-0.05, 0) is 18.1 Å². The number of benzene rings is 1. The van der Waals surface area contributed by atoms with Gasteiger partial charge in [-0.2, -0.15) is 5.10 Å². The van der Waals surface area contributed by atoms with Crippen molar-refractivity contribution in [3.63, 3.8) is 0 Å². The van der Waals surface area contributed by atoms with E-state index in [1.54, 1.807) is 0 Å². The van der Waals surface area contributed by atoms with E-state index in [4.69, 9.17) is 5.73 Å². The molecule has 0 fully saturated rings. The van der Waals surface area contributed by atoms with E-state index in [2.05, 4.69) is 41.2 Å². The lowest BCUT2D eigenvalue weighted by Crippen LogP contribution is -2.16. The second kappa shape index (κ2) is 4.46. The van der Waals surface area contributed by atoms with Gasteiger partial charge in [-0.1, -0.05) is 24.3 Å². The number of hydrogen-bond acceptors (Lipinski definition) is 3. The Morgan fingerprint density at radius 1 is 1.22 bits per heavy atom. The Labute approximate surface area is 107 Å². The Kier molecular flexibility index (Phi) is 2.80. The first kappa shape index (κ1) is 11.3. The van der Waals surface area contributed by atoms with E-state index >= 15 is 0 Å². The highest BCUT2D eigenvalue weighted by atomic mass is 15.3. The first-order valence-electron chi connectivity index (χ1n) is 6.37. The maximum absolute atomic E-state index is 6.07. The van der Waals surface area contributed by atoms with Crippen molar-refractivity contribution in [1.82, 2.24) is 14.7 Å². The van der Waals surface area contributed by atoms with Crippen molar-refractivity contribution >= 4 is 5.82 Å². The molecular formula is C14H18N4. The van der Waals surface area contributed by atoms with Crippen molar-refractivity contribution < 1.29 is 0 Å². The second-order valence-corrected chi connectivity index (χ2v) is 4.78. The van der Waals surface area contributed by atoms with Crippen LogP contribution in [0.1, 0.15) is 23.6 Å². The summed E-state index contributed by atoms with van der Waals surface area (Å²) in [7, 11) is 0. The third kappa shape index (κ3) is 1.88. The molecule has 1 aliphatic rings. The number of anilines is 1. The Bertz CT molecular complexity index is 534. The van der Waals surface area contributed by atoms with Crippen LogP contribution in [0.3, 0.4) is 0 Å².